The molecule has 0 radical (unpaired) electrons. The third-order valence-corrected chi connectivity index (χ3v) is 5.46. The van der Waals surface area contributed by atoms with Crippen molar-refractivity contribution in [3.63, 3.8) is 0 Å². The van der Waals surface area contributed by atoms with E-state index in [1.165, 1.54) is 31.4 Å². The smallest absolute Gasteiger partial charge is 0.305 e. The molecule has 0 aromatic heterocycles. The van der Waals surface area contributed by atoms with Crippen LogP contribution in [-0.4, -0.2) is 39.5 Å². The molecule has 0 aliphatic heterocycles. The van der Waals surface area contributed by atoms with Gasteiger partial charge < -0.3 is 10.1 Å². The number of amides is 1. The molecular weight excluding hydrogens is 368 g/mol. The summed E-state index contributed by atoms with van der Waals surface area (Å²) in [5.41, 5.74) is -0.165. The molecule has 152 valence electrons. The van der Waals surface area contributed by atoms with Gasteiger partial charge in [0.05, 0.1) is 12.0 Å². The normalized spacial score (nSPS) is 11.9. The van der Waals surface area contributed by atoms with Crippen molar-refractivity contribution in [2.75, 3.05) is 13.7 Å². The molecule has 0 saturated heterocycles. The van der Waals surface area contributed by atoms with Gasteiger partial charge >= 0.3 is 5.97 Å². The van der Waals surface area contributed by atoms with E-state index in [1.807, 2.05) is 0 Å². The Hall–Kier alpha value is -1.93. The molecule has 1 aromatic carbocycles. The van der Waals surface area contributed by atoms with E-state index in [-0.39, 0.29) is 16.8 Å². The Labute approximate surface area is 161 Å². The number of sulfonamides is 1. The molecule has 1 amide bonds. The number of hydrogen-bond donors (Lipinski definition) is 2. The Kier molecular flexibility index (Phi) is 8.92. The van der Waals surface area contributed by atoms with Gasteiger partial charge in [-0.15, -0.1) is 0 Å². The monoisotopic (exact) mass is 398 g/mol. The van der Waals surface area contributed by atoms with Crippen molar-refractivity contribution >= 4 is 21.9 Å². The SMILES string of the molecule is COC(=O)CCCCCCNC(=O)c1ccc(S(=O)(=O)NC(C)(C)C)cc1. The van der Waals surface area contributed by atoms with E-state index in [4.69, 9.17) is 0 Å². The first kappa shape index (κ1) is 23.1. The first-order chi connectivity index (χ1) is 12.5. The highest BCUT2D eigenvalue weighted by Gasteiger charge is 2.22. The number of esters is 1. The first-order valence-corrected chi connectivity index (χ1v) is 10.5. The molecule has 0 spiro atoms. The molecule has 7 nitrogen and oxygen atoms in total. The third kappa shape index (κ3) is 9.01. The summed E-state index contributed by atoms with van der Waals surface area (Å²) >= 11 is 0. The van der Waals surface area contributed by atoms with E-state index < -0.39 is 15.6 Å². The third-order valence-electron chi connectivity index (χ3n) is 3.69. The molecule has 8 heteroatoms. The molecule has 1 rings (SSSR count). The van der Waals surface area contributed by atoms with E-state index >= 15 is 0 Å². The van der Waals surface area contributed by atoms with Crippen LogP contribution in [-0.2, 0) is 19.6 Å². The maximum absolute atomic E-state index is 12.2. The molecule has 0 atom stereocenters. The van der Waals surface area contributed by atoms with Crippen molar-refractivity contribution in [3.05, 3.63) is 29.8 Å². The van der Waals surface area contributed by atoms with Crippen molar-refractivity contribution in [2.45, 2.75) is 63.3 Å². The topological polar surface area (TPSA) is 102 Å². The fourth-order valence-corrected chi connectivity index (χ4v) is 3.82. The van der Waals surface area contributed by atoms with Gasteiger partial charge in [0.2, 0.25) is 10.0 Å². The number of methoxy groups -OCH3 is 1. The van der Waals surface area contributed by atoms with E-state index in [0.717, 1.165) is 25.7 Å². The average molecular weight is 399 g/mol. The molecule has 0 bridgehead atoms. The number of rotatable bonds is 10. The summed E-state index contributed by atoms with van der Waals surface area (Å²) in [5.74, 6) is -0.441. The van der Waals surface area contributed by atoms with Crippen molar-refractivity contribution in [1.29, 1.82) is 0 Å². The second kappa shape index (κ2) is 10.4. The van der Waals surface area contributed by atoms with Crippen molar-refractivity contribution in [2.24, 2.45) is 0 Å². The molecule has 0 aliphatic carbocycles. The molecule has 0 saturated carbocycles. The van der Waals surface area contributed by atoms with Gasteiger partial charge in [-0.2, -0.15) is 0 Å². The highest BCUT2D eigenvalue weighted by atomic mass is 32.2. The van der Waals surface area contributed by atoms with Gasteiger partial charge in [0.15, 0.2) is 0 Å². The largest absolute Gasteiger partial charge is 0.469 e. The lowest BCUT2D eigenvalue weighted by atomic mass is 10.1. The first-order valence-electron chi connectivity index (χ1n) is 9.04. The average Bonchev–Trinajstić information content (AvgIpc) is 2.58. The number of ether oxygens (including phenoxy) is 1. The van der Waals surface area contributed by atoms with Gasteiger partial charge in [-0.3, -0.25) is 9.59 Å². The standard InChI is InChI=1S/C19H30N2O5S/c1-19(2,3)21-27(24,25)16-12-10-15(11-13-16)18(23)20-14-8-6-5-7-9-17(22)26-4/h10-13,21H,5-9,14H2,1-4H3,(H,20,23). The van der Waals surface area contributed by atoms with Crippen molar-refractivity contribution < 1.29 is 22.7 Å². The van der Waals surface area contributed by atoms with Crippen molar-refractivity contribution in [3.8, 4) is 0 Å². The number of benzene rings is 1. The molecule has 0 unspecified atom stereocenters. The van der Waals surface area contributed by atoms with Crippen LogP contribution in [0.25, 0.3) is 0 Å². The van der Waals surface area contributed by atoms with Crippen LogP contribution in [0.3, 0.4) is 0 Å². The molecule has 0 heterocycles. The molecule has 2 N–H and O–H groups in total. The lowest BCUT2D eigenvalue weighted by molar-refractivity contribution is -0.140. The number of hydrogen-bond acceptors (Lipinski definition) is 5. The minimum Gasteiger partial charge on any atom is -0.469 e. The summed E-state index contributed by atoms with van der Waals surface area (Å²) in [6.45, 7) is 5.83. The van der Waals surface area contributed by atoms with Gasteiger partial charge in [0, 0.05) is 24.1 Å². The Morgan fingerprint density at radius 2 is 1.59 bits per heavy atom. The van der Waals surface area contributed by atoms with Gasteiger partial charge in [0.1, 0.15) is 0 Å². The Balaban J connectivity index is 2.41. The van der Waals surface area contributed by atoms with E-state index in [2.05, 4.69) is 14.8 Å². The summed E-state index contributed by atoms with van der Waals surface area (Å²) in [7, 11) is -2.24. The molecule has 0 aliphatic rings. The molecular formula is C19H30N2O5S. The molecule has 1 aromatic rings. The highest BCUT2D eigenvalue weighted by Crippen LogP contribution is 2.14. The van der Waals surface area contributed by atoms with Gasteiger partial charge in [-0.1, -0.05) is 12.8 Å². The fraction of sp³-hybridized carbons (Fsp3) is 0.579. The second-order valence-electron chi connectivity index (χ2n) is 7.38. The van der Waals surface area contributed by atoms with Gasteiger partial charge in [0.25, 0.3) is 5.91 Å². The summed E-state index contributed by atoms with van der Waals surface area (Å²) in [6, 6.07) is 5.86. The lowest BCUT2D eigenvalue weighted by Gasteiger charge is -2.20. The number of carbonyl (C=O) groups is 2. The van der Waals surface area contributed by atoms with Gasteiger partial charge in [-0.05, 0) is 57.9 Å². The summed E-state index contributed by atoms with van der Waals surface area (Å²) < 4.78 is 31.6. The number of unbranched alkanes of at least 4 members (excludes halogenated alkanes) is 3. The number of nitrogens with one attached hydrogen (secondary N) is 2. The quantitative estimate of drug-likeness (QED) is 0.466. The van der Waals surface area contributed by atoms with Crippen LogP contribution in [0.1, 0.15) is 63.2 Å². The molecule has 0 fully saturated rings. The van der Waals surface area contributed by atoms with Crippen LogP contribution in [0.2, 0.25) is 0 Å². The minimum absolute atomic E-state index is 0.125. The van der Waals surface area contributed by atoms with Gasteiger partial charge in [-0.25, -0.2) is 13.1 Å². The van der Waals surface area contributed by atoms with Crippen LogP contribution in [0, 0.1) is 0 Å². The minimum atomic E-state index is -3.61. The Morgan fingerprint density at radius 3 is 2.15 bits per heavy atom. The van der Waals surface area contributed by atoms with Crippen LogP contribution in [0.5, 0.6) is 0 Å². The van der Waals surface area contributed by atoms with E-state index in [9.17, 15) is 18.0 Å². The zero-order valence-electron chi connectivity index (χ0n) is 16.5. The van der Waals surface area contributed by atoms with Crippen LogP contribution >= 0.6 is 0 Å². The van der Waals surface area contributed by atoms with Crippen LogP contribution < -0.4 is 10.0 Å². The zero-order chi connectivity index (χ0) is 20.5. The van der Waals surface area contributed by atoms with E-state index in [1.54, 1.807) is 20.8 Å². The zero-order valence-corrected chi connectivity index (χ0v) is 17.3. The van der Waals surface area contributed by atoms with E-state index in [0.29, 0.717) is 18.5 Å². The molecule has 27 heavy (non-hydrogen) atoms. The van der Waals surface area contributed by atoms with Crippen LogP contribution in [0.4, 0.5) is 0 Å². The summed E-state index contributed by atoms with van der Waals surface area (Å²) in [4.78, 5) is 23.2. The predicted octanol–water partition coefficient (Wildman–Crippen LogP) is 2.62. The summed E-state index contributed by atoms with van der Waals surface area (Å²) in [6.07, 6.45) is 3.82. The maximum atomic E-state index is 12.2. The Morgan fingerprint density at radius 1 is 1.00 bits per heavy atom. The van der Waals surface area contributed by atoms with Crippen molar-refractivity contribution in [1.82, 2.24) is 10.0 Å². The number of carbonyl (C=O) groups excluding carboxylic acids is 2. The highest BCUT2D eigenvalue weighted by molar-refractivity contribution is 7.89. The Bertz CT molecular complexity index is 721. The fourth-order valence-electron chi connectivity index (χ4n) is 2.40. The van der Waals surface area contributed by atoms with Crippen LogP contribution in [0.15, 0.2) is 29.2 Å². The predicted molar refractivity (Wildman–Crippen MR) is 104 cm³/mol. The maximum Gasteiger partial charge on any atom is 0.305 e. The lowest BCUT2D eigenvalue weighted by Crippen LogP contribution is -2.40. The second-order valence-corrected chi connectivity index (χ2v) is 9.06. The summed E-state index contributed by atoms with van der Waals surface area (Å²) in [5, 5.41) is 2.81.